The summed E-state index contributed by atoms with van der Waals surface area (Å²) < 4.78 is 38.2. The molecule has 0 fully saturated rings. The van der Waals surface area contributed by atoms with Gasteiger partial charge >= 0.3 is 0 Å². The van der Waals surface area contributed by atoms with Crippen LogP contribution >= 0.6 is 0 Å². The molecule has 0 aliphatic rings. The Kier molecular flexibility index (Phi) is 3.96. The van der Waals surface area contributed by atoms with Gasteiger partial charge in [-0.1, -0.05) is 17.3 Å². The molecule has 1 N–H and O–H groups in total. The number of hydrogen-bond acceptors (Lipinski definition) is 4. The van der Waals surface area contributed by atoms with Crippen LogP contribution in [-0.4, -0.2) is 22.2 Å². The summed E-state index contributed by atoms with van der Waals surface area (Å²) in [7, 11) is 1.56. The van der Waals surface area contributed by atoms with Crippen molar-refractivity contribution in [3.63, 3.8) is 0 Å². The molecule has 0 bridgehead atoms. The summed E-state index contributed by atoms with van der Waals surface area (Å²) in [4.78, 5) is 7.23. The fraction of sp³-hybridized carbons (Fsp3) is 0.0526. The molecule has 1 aromatic carbocycles. The molecular weight excluding hydrogens is 340 g/mol. The number of benzene rings is 1. The van der Waals surface area contributed by atoms with Crippen LogP contribution in [0.1, 0.15) is 0 Å². The smallest absolute Gasteiger partial charge is 0.176 e. The van der Waals surface area contributed by atoms with Gasteiger partial charge in [0.1, 0.15) is 5.75 Å². The lowest BCUT2D eigenvalue weighted by Gasteiger charge is -2.02. The summed E-state index contributed by atoms with van der Waals surface area (Å²) in [5, 5.41) is 3.74. The molecule has 130 valence electrons. The van der Waals surface area contributed by atoms with Gasteiger partial charge < -0.3 is 14.2 Å². The third kappa shape index (κ3) is 2.73. The minimum atomic E-state index is -0.940. The highest BCUT2D eigenvalue weighted by Gasteiger charge is 2.19. The number of ether oxygens (including phenoxy) is 1. The minimum Gasteiger partial charge on any atom is -0.495 e. The zero-order valence-electron chi connectivity index (χ0n) is 13.7. The predicted octanol–water partition coefficient (Wildman–Crippen LogP) is 4.69. The molecule has 4 rings (SSSR count). The fourth-order valence-corrected chi connectivity index (χ4v) is 2.72. The standard InChI is InChI=1S/C19H13F2N3O2/c1-25-13-5-11(7-22-9-13)17-6-12(8-23-17)19-15(10-24-26-19)14-3-2-4-16(20)18(14)21/h2-10,23H,1H3. The zero-order valence-corrected chi connectivity index (χ0v) is 13.7. The maximum atomic E-state index is 14.1. The number of nitrogens with zero attached hydrogens (tertiary/aromatic N) is 2. The lowest BCUT2D eigenvalue weighted by atomic mass is 10.0. The Labute approximate surface area is 147 Å². The molecule has 3 aromatic heterocycles. The van der Waals surface area contributed by atoms with E-state index in [1.165, 1.54) is 18.3 Å². The number of pyridine rings is 1. The zero-order chi connectivity index (χ0) is 18.1. The Bertz CT molecular complexity index is 1070. The molecular formula is C19H13F2N3O2. The Morgan fingerprint density at radius 1 is 1.04 bits per heavy atom. The van der Waals surface area contributed by atoms with Crippen molar-refractivity contribution < 1.29 is 18.0 Å². The quantitative estimate of drug-likeness (QED) is 0.578. The van der Waals surface area contributed by atoms with Gasteiger partial charge in [0, 0.05) is 34.8 Å². The van der Waals surface area contributed by atoms with E-state index >= 15 is 0 Å². The Morgan fingerprint density at radius 2 is 1.92 bits per heavy atom. The number of hydrogen-bond donors (Lipinski definition) is 1. The van der Waals surface area contributed by atoms with E-state index in [9.17, 15) is 8.78 Å². The second-order valence-electron chi connectivity index (χ2n) is 5.59. The average Bonchev–Trinajstić information content (AvgIpc) is 3.33. The van der Waals surface area contributed by atoms with Crippen molar-refractivity contribution in [3.05, 3.63) is 66.8 Å². The van der Waals surface area contributed by atoms with Crippen LogP contribution in [0.4, 0.5) is 8.78 Å². The molecule has 0 aliphatic carbocycles. The number of methoxy groups -OCH3 is 1. The van der Waals surface area contributed by atoms with Gasteiger partial charge in [-0.2, -0.15) is 0 Å². The van der Waals surface area contributed by atoms with Gasteiger partial charge in [0.05, 0.1) is 25.1 Å². The van der Waals surface area contributed by atoms with E-state index in [1.807, 2.05) is 12.1 Å². The molecule has 5 nitrogen and oxygen atoms in total. The van der Waals surface area contributed by atoms with E-state index in [4.69, 9.17) is 9.26 Å². The molecule has 0 saturated heterocycles. The van der Waals surface area contributed by atoms with Crippen molar-refractivity contribution in [1.82, 2.24) is 15.1 Å². The summed E-state index contributed by atoms with van der Waals surface area (Å²) in [6.07, 6.45) is 6.36. The van der Waals surface area contributed by atoms with Crippen molar-refractivity contribution in [1.29, 1.82) is 0 Å². The van der Waals surface area contributed by atoms with Crippen LogP contribution in [0.5, 0.6) is 5.75 Å². The van der Waals surface area contributed by atoms with Gasteiger partial charge in [0.2, 0.25) is 0 Å². The number of aromatic nitrogens is 3. The van der Waals surface area contributed by atoms with Crippen LogP contribution in [-0.2, 0) is 0 Å². The molecule has 0 radical (unpaired) electrons. The highest BCUT2D eigenvalue weighted by molar-refractivity contribution is 5.81. The van der Waals surface area contributed by atoms with Crippen molar-refractivity contribution in [2.45, 2.75) is 0 Å². The van der Waals surface area contributed by atoms with Gasteiger partial charge in [0.25, 0.3) is 0 Å². The summed E-state index contributed by atoms with van der Waals surface area (Å²) in [6.45, 7) is 0. The lowest BCUT2D eigenvalue weighted by molar-refractivity contribution is 0.413. The predicted molar refractivity (Wildman–Crippen MR) is 91.4 cm³/mol. The van der Waals surface area contributed by atoms with Crippen molar-refractivity contribution in [3.8, 4) is 39.5 Å². The second kappa shape index (κ2) is 6.44. The van der Waals surface area contributed by atoms with Crippen LogP contribution in [0.2, 0.25) is 0 Å². The third-order valence-corrected chi connectivity index (χ3v) is 4.02. The van der Waals surface area contributed by atoms with Gasteiger partial charge in [-0.15, -0.1) is 0 Å². The van der Waals surface area contributed by atoms with E-state index in [-0.39, 0.29) is 5.56 Å². The van der Waals surface area contributed by atoms with Gasteiger partial charge in [-0.25, -0.2) is 8.78 Å². The molecule has 0 atom stereocenters. The summed E-state index contributed by atoms with van der Waals surface area (Å²) >= 11 is 0. The fourth-order valence-electron chi connectivity index (χ4n) is 2.72. The van der Waals surface area contributed by atoms with Gasteiger partial charge in [0.15, 0.2) is 17.4 Å². The normalized spacial score (nSPS) is 10.9. The maximum Gasteiger partial charge on any atom is 0.176 e. The van der Waals surface area contributed by atoms with E-state index in [1.54, 1.807) is 25.7 Å². The minimum absolute atomic E-state index is 0.0899. The Balaban J connectivity index is 1.76. The van der Waals surface area contributed by atoms with Crippen LogP contribution in [0.3, 0.4) is 0 Å². The lowest BCUT2D eigenvalue weighted by Crippen LogP contribution is -1.89. The number of rotatable bonds is 4. The molecule has 0 unspecified atom stereocenters. The van der Waals surface area contributed by atoms with E-state index < -0.39 is 11.6 Å². The van der Waals surface area contributed by atoms with Crippen LogP contribution < -0.4 is 4.74 Å². The maximum absolute atomic E-state index is 14.1. The van der Waals surface area contributed by atoms with Crippen molar-refractivity contribution in [2.24, 2.45) is 0 Å². The molecule has 7 heteroatoms. The highest BCUT2D eigenvalue weighted by Crippen LogP contribution is 2.35. The second-order valence-corrected chi connectivity index (χ2v) is 5.59. The van der Waals surface area contributed by atoms with Crippen LogP contribution in [0.25, 0.3) is 33.7 Å². The third-order valence-electron chi connectivity index (χ3n) is 4.02. The van der Waals surface area contributed by atoms with Crippen molar-refractivity contribution in [2.75, 3.05) is 7.11 Å². The first-order chi connectivity index (χ1) is 12.7. The average molecular weight is 353 g/mol. The number of halogens is 2. The van der Waals surface area contributed by atoms with Gasteiger partial charge in [-0.3, -0.25) is 4.98 Å². The first kappa shape index (κ1) is 16.0. The molecule has 0 aliphatic heterocycles. The molecule has 0 saturated carbocycles. The van der Waals surface area contributed by atoms with Crippen molar-refractivity contribution >= 4 is 0 Å². The van der Waals surface area contributed by atoms with E-state index in [0.717, 1.165) is 17.3 Å². The number of aromatic amines is 1. The molecule has 0 spiro atoms. The van der Waals surface area contributed by atoms with Crippen LogP contribution in [0.15, 0.2) is 59.6 Å². The topological polar surface area (TPSA) is 63.9 Å². The Hall–Kier alpha value is -3.48. The molecule has 3 heterocycles. The largest absolute Gasteiger partial charge is 0.495 e. The van der Waals surface area contributed by atoms with E-state index in [2.05, 4.69) is 15.1 Å². The molecule has 0 amide bonds. The summed E-state index contributed by atoms with van der Waals surface area (Å²) in [5.74, 6) is -0.898. The summed E-state index contributed by atoms with van der Waals surface area (Å²) in [6, 6.07) is 7.63. The first-order valence-electron chi connectivity index (χ1n) is 7.74. The monoisotopic (exact) mass is 353 g/mol. The Morgan fingerprint density at radius 3 is 2.77 bits per heavy atom. The highest BCUT2D eigenvalue weighted by atomic mass is 19.2. The first-order valence-corrected chi connectivity index (χ1v) is 7.74. The number of H-pyrrole nitrogens is 1. The SMILES string of the molecule is COc1cncc(-c2cc(-c3oncc3-c3cccc(F)c3F)c[nH]2)c1. The molecule has 26 heavy (non-hydrogen) atoms. The van der Waals surface area contributed by atoms with Gasteiger partial charge in [-0.05, 0) is 18.2 Å². The summed E-state index contributed by atoms with van der Waals surface area (Å²) in [5.41, 5.74) is 2.70. The number of nitrogens with one attached hydrogen (secondary N) is 1. The molecule has 4 aromatic rings. The van der Waals surface area contributed by atoms with Crippen LogP contribution in [0, 0.1) is 11.6 Å². The van der Waals surface area contributed by atoms with E-state index in [0.29, 0.717) is 22.6 Å².